The van der Waals surface area contributed by atoms with Crippen LogP contribution in [-0.4, -0.2) is 60.1 Å². The van der Waals surface area contributed by atoms with E-state index in [4.69, 9.17) is 0 Å². The average Bonchev–Trinajstić information content (AvgIpc) is 2.93. The molecule has 0 radical (unpaired) electrons. The Hall–Kier alpha value is -0.610. The predicted molar refractivity (Wildman–Crippen MR) is 80.5 cm³/mol. The van der Waals surface area contributed by atoms with Gasteiger partial charge in [-0.25, -0.2) is 0 Å². The van der Waals surface area contributed by atoms with Crippen LogP contribution >= 0.6 is 0 Å². The minimum atomic E-state index is 0.00494. The maximum atomic E-state index is 12.2. The molecule has 4 heteroatoms. The van der Waals surface area contributed by atoms with Crippen molar-refractivity contribution >= 4 is 5.91 Å². The van der Waals surface area contributed by atoms with Crippen LogP contribution in [0.15, 0.2) is 0 Å². The Kier molecular flexibility index (Phi) is 5.44. The summed E-state index contributed by atoms with van der Waals surface area (Å²) in [6, 6.07) is 0.519. The number of nitrogens with zero attached hydrogens (tertiary/aromatic N) is 2. The fourth-order valence-electron chi connectivity index (χ4n) is 3.52. The predicted octanol–water partition coefficient (Wildman–Crippen LogP) is 1.87. The van der Waals surface area contributed by atoms with Crippen LogP contribution in [0.4, 0.5) is 0 Å². The van der Waals surface area contributed by atoms with Gasteiger partial charge < -0.3 is 14.9 Å². The zero-order chi connectivity index (χ0) is 14.6. The largest absolute Gasteiger partial charge is 0.396 e. The molecule has 0 spiro atoms. The van der Waals surface area contributed by atoms with Crippen LogP contribution < -0.4 is 0 Å². The SMILES string of the molecule is C[C@@H](CCC(=O)N(C)CC1(CO)CCC1)N1CCCC1. The summed E-state index contributed by atoms with van der Waals surface area (Å²) in [5, 5.41) is 9.48. The molecule has 20 heavy (non-hydrogen) atoms. The standard InChI is InChI=1S/C16H30N2O2/c1-14(18-10-3-4-11-18)6-7-15(20)17(2)12-16(13-19)8-5-9-16/h14,19H,3-13H2,1-2H3/t14-/m0/s1. The van der Waals surface area contributed by atoms with E-state index in [1.54, 1.807) is 0 Å². The van der Waals surface area contributed by atoms with E-state index in [1.807, 2.05) is 11.9 Å². The lowest BCUT2D eigenvalue weighted by molar-refractivity contribution is -0.133. The molecule has 0 aromatic heterocycles. The summed E-state index contributed by atoms with van der Waals surface area (Å²) in [6.45, 7) is 5.56. The van der Waals surface area contributed by atoms with Gasteiger partial charge in [-0.3, -0.25) is 4.79 Å². The van der Waals surface area contributed by atoms with Crippen LogP contribution in [0.25, 0.3) is 0 Å². The van der Waals surface area contributed by atoms with Crippen LogP contribution in [0.3, 0.4) is 0 Å². The van der Waals surface area contributed by atoms with Gasteiger partial charge in [0, 0.05) is 31.5 Å². The first kappa shape index (κ1) is 15.8. The van der Waals surface area contributed by atoms with Crippen molar-refractivity contribution in [3.63, 3.8) is 0 Å². The Morgan fingerprint density at radius 3 is 2.45 bits per heavy atom. The van der Waals surface area contributed by atoms with Gasteiger partial charge in [0.05, 0.1) is 6.61 Å². The number of aliphatic hydroxyl groups excluding tert-OH is 1. The maximum absolute atomic E-state index is 12.2. The molecule has 1 amide bonds. The van der Waals surface area contributed by atoms with Gasteiger partial charge in [0.15, 0.2) is 0 Å². The number of likely N-dealkylation sites (tertiary alicyclic amines) is 1. The molecule has 1 aliphatic carbocycles. The summed E-state index contributed by atoms with van der Waals surface area (Å²) < 4.78 is 0. The zero-order valence-corrected chi connectivity index (χ0v) is 13.1. The first-order chi connectivity index (χ1) is 9.56. The molecule has 0 bridgehead atoms. The minimum absolute atomic E-state index is 0.00494. The lowest BCUT2D eigenvalue weighted by Crippen LogP contribution is -2.45. The van der Waals surface area contributed by atoms with Crippen molar-refractivity contribution < 1.29 is 9.90 Å². The molecule has 116 valence electrons. The molecule has 1 saturated heterocycles. The second-order valence-electron chi connectivity index (χ2n) is 6.89. The second-order valence-corrected chi connectivity index (χ2v) is 6.89. The van der Waals surface area contributed by atoms with Crippen LogP contribution in [0.2, 0.25) is 0 Å². The number of hydrogen-bond donors (Lipinski definition) is 1. The maximum Gasteiger partial charge on any atom is 0.222 e. The molecule has 1 atom stereocenters. The van der Waals surface area contributed by atoms with Gasteiger partial charge in [-0.15, -0.1) is 0 Å². The number of carbonyl (C=O) groups excluding carboxylic acids is 1. The van der Waals surface area contributed by atoms with Gasteiger partial charge in [-0.2, -0.15) is 0 Å². The van der Waals surface area contributed by atoms with Crippen molar-refractivity contribution in [3.8, 4) is 0 Å². The number of rotatable bonds is 7. The summed E-state index contributed by atoms with van der Waals surface area (Å²) in [7, 11) is 1.89. The Bertz CT molecular complexity index is 317. The van der Waals surface area contributed by atoms with E-state index >= 15 is 0 Å². The number of aliphatic hydroxyl groups is 1. The monoisotopic (exact) mass is 282 g/mol. The van der Waals surface area contributed by atoms with Crippen molar-refractivity contribution in [3.05, 3.63) is 0 Å². The van der Waals surface area contributed by atoms with Crippen LogP contribution in [0.5, 0.6) is 0 Å². The fraction of sp³-hybridized carbons (Fsp3) is 0.938. The minimum Gasteiger partial charge on any atom is -0.396 e. The van der Waals surface area contributed by atoms with Crippen molar-refractivity contribution in [2.75, 3.05) is 33.3 Å². The summed E-state index contributed by atoms with van der Waals surface area (Å²) in [4.78, 5) is 16.6. The molecule has 1 heterocycles. The fourth-order valence-corrected chi connectivity index (χ4v) is 3.52. The highest BCUT2D eigenvalue weighted by molar-refractivity contribution is 5.75. The molecular formula is C16H30N2O2. The smallest absolute Gasteiger partial charge is 0.222 e. The third kappa shape index (κ3) is 3.73. The van der Waals surface area contributed by atoms with Gasteiger partial charge in [-0.05, 0) is 52.1 Å². The molecule has 0 aromatic carbocycles. The van der Waals surface area contributed by atoms with E-state index < -0.39 is 0 Å². The number of carbonyl (C=O) groups is 1. The van der Waals surface area contributed by atoms with Gasteiger partial charge in [0.2, 0.25) is 5.91 Å². The van der Waals surface area contributed by atoms with E-state index in [9.17, 15) is 9.90 Å². The van der Waals surface area contributed by atoms with Crippen LogP contribution in [-0.2, 0) is 4.79 Å². The Balaban J connectivity index is 1.70. The molecule has 0 aromatic rings. The second kappa shape index (κ2) is 6.90. The van der Waals surface area contributed by atoms with E-state index in [0.717, 1.165) is 25.8 Å². The van der Waals surface area contributed by atoms with Crippen molar-refractivity contribution in [1.82, 2.24) is 9.80 Å². The van der Waals surface area contributed by atoms with E-state index in [1.165, 1.54) is 32.4 Å². The lowest BCUT2D eigenvalue weighted by atomic mass is 9.69. The third-order valence-electron chi connectivity index (χ3n) is 5.29. The molecule has 1 saturated carbocycles. The van der Waals surface area contributed by atoms with Crippen molar-refractivity contribution in [2.45, 2.75) is 57.9 Å². The quantitative estimate of drug-likeness (QED) is 0.775. The lowest BCUT2D eigenvalue weighted by Gasteiger charge is -2.43. The first-order valence-corrected chi connectivity index (χ1v) is 8.15. The van der Waals surface area contributed by atoms with E-state index in [2.05, 4.69) is 11.8 Å². The van der Waals surface area contributed by atoms with Gasteiger partial charge in [-0.1, -0.05) is 6.42 Å². The summed E-state index contributed by atoms with van der Waals surface area (Å²) in [5.74, 6) is 0.232. The highest BCUT2D eigenvalue weighted by Crippen LogP contribution is 2.40. The van der Waals surface area contributed by atoms with Crippen LogP contribution in [0.1, 0.15) is 51.9 Å². The Morgan fingerprint density at radius 1 is 1.30 bits per heavy atom. The first-order valence-electron chi connectivity index (χ1n) is 8.15. The number of hydrogen-bond acceptors (Lipinski definition) is 3. The summed E-state index contributed by atoms with van der Waals surface area (Å²) in [5.41, 5.74) is 0.00494. The molecule has 1 aliphatic heterocycles. The normalized spacial score (nSPS) is 23.4. The molecule has 0 unspecified atom stereocenters. The van der Waals surface area contributed by atoms with Gasteiger partial charge in [0.25, 0.3) is 0 Å². The highest BCUT2D eigenvalue weighted by Gasteiger charge is 2.38. The molecule has 1 N–H and O–H groups in total. The Morgan fingerprint density at radius 2 is 1.95 bits per heavy atom. The van der Waals surface area contributed by atoms with E-state index in [0.29, 0.717) is 12.5 Å². The molecule has 4 nitrogen and oxygen atoms in total. The van der Waals surface area contributed by atoms with Crippen LogP contribution in [0, 0.1) is 5.41 Å². The summed E-state index contributed by atoms with van der Waals surface area (Å²) >= 11 is 0. The number of amides is 1. The van der Waals surface area contributed by atoms with Crippen molar-refractivity contribution in [1.29, 1.82) is 0 Å². The summed E-state index contributed by atoms with van der Waals surface area (Å²) in [6.07, 6.45) is 7.50. The third-order valence-corrected chi connectivity index (χ3v) is 5.29. The molecular weight excluding hydrogens is 252 g/mol. The van der Waals surface area contributed by atoms with Gasteiger partial charge in [0.1, 0.15) is 0 Å². The Labute approximate surface area is 123 Å². The molecule has 2 aliphatic rings. The van der Waals surface area contributed by atoms with Crippen molar-refractivity contribution in [2.24, 2.45) is 5.41 Å². The average molecular weight is 282 g/mol. The highest BCUT2D eigenvalue weighted by atomic mass is 16.3. The topological polar surface area (TPSA) is 43.8 Å². The zero-order valence-electron chi connectivity index (χ0n) is 13.1. The molecule has 2 fully saturated rings. The molecule has 2 rings (SSSR count). The van der Waals surface area contributed by atoms with Gasteiger partial charge >= 0.3 is 0 Å². The van der Waals surface area contributed by atoms with E-state index in [-0.39, 0.29) is 17.9 Å².